The fourth-order valence-electron chi connectivity index (χ4n) is 3.61. The molecule has 1 atom stereocenters. The third-order valence-corrected chi connectivity index (χ3v) is 7.10. The maximum atomic E-state index is 13.6. The van der Waals surface area contributed by atoms with E-state index in [0.29, 0.717) is 12.2 Å². The van der Waals surface area contributed by atoms with E-state index in [-0.39, 0.29) is 18.4 Å². The van der Waals surface area contributed by atoms with E-state index in [2.05, 4.69) is 5.32 Å². The molecule has 8 heteroatoms. The van der Waals surface area contributed by atoms with Gasteiger partial charge in [-0.2, -0.15) is 0 Å². The average Bonchev–Trinajstić information content (AvgIpc) is 2.76. The van der Waals surface area contributed by atoms with E-state index in [1.54, 1.807) is 19.1 Å². The SMILES string of the molecule is Cc1ccccc1CN(C(=O)CN(c1cccc(C)c1C)S(C)(=O)=O)C(C)C(=O)NCC(C)C. The van der Waals surface area contributed by atoms with Gasteiger partial charge < -0.3 is 10.2 Å². The summed E-state index contributed by atoms with van der Waals surface area (Å²) >= 11 is 0. The van der Waals surface area contributed by atoms with Gasteiger partial charge in [-0.3, -0.25) is 13.9 Å². The molecule has 2 aromatic carbocycles. The molecule has 0 saturated carbocycles. The van der Waals surface area contributed by atoms with Gasteiger partial charge in [-0.05, 0) is 61.9 Å². The lowest BCUT2D eigenvalue weighted by Gasteiger charge is -2.32. The first-order valence-corrected chi connectivity index (χ1v) is 13.3. The Morgan fingerprint density at radius 3 is 2.15 bits per heavy atom. The number of benzene rings is 2. The maximum absolute atomic E-state index is 13.6. The van der Waals surface area contributed by atoms with Gasteiger partial charge in [0.2, 0.25) is 21.8 Å². The predicted octanol–water partition coefficient (Wildman–Crippen LogP) is 3.57. The molecule has 2 rings (SSSR count). The standard InChI is InChI=1S/C26H37N3O4S/c1-18(2)15-27-26(31)22(6)28(16-23-13-9-8-11-20(23)4)25(30)17-29(34(7,32)33)24-14-10-12-19(3)21(24)5/h8-14,18,22H,15-17H2,1-7H3,(H,27,31). The second-order valence-electron chi connectivity index (χ2n) is 9.25. The number of amides is 2. The van der Waals surface area contributed by atoms with E-state index in [0.717, 1.165) is 32.8 Å². The highest BCUT2D eigenvalue weighted by Gasteiger charge is 2.30. The fourth-order valence-corrected chi connectivity index (χ4v) is 4.51. The normalized spacial score (nSPS) is 12.4. The van der Waals surface area contributed by atoms with Crippen molar-refractivity contribution >= 4 is 27.5 Å². The summed E-state index contributed by atoms with van der Waals surface area (Å²) in [7, 11) is -3.75. The van der Waals surface area contributed by atoms with Crippen molar-refractivity contribution < 1.29 is 18.0 Å². The van der Waals surface area contributed by atoms with Crippen LogP contribution < -0.4 is 9.62 Å². The van der Waals surface area contributed by atoms with Crippen molar-refractivity contribution in [1.82, 2.24) is 10.2 Å². The molecule has 1 N–H and O–H groups in total. The summed E-state index contributed by atoms with van der Waals surface area (Å²) in [5, 5.41) is 2.88. The lowest BCUT2D eigenvalue weighted by Crippen LogP contribution is -2.51. The van der Waals surface area contributed by atoms with Gasteiger partial charge in [0.05, 0.1) is 11.9 Å². The number of nitrogens with one attached hydrogen (secondary N) is 1. The van der Waals surface area contributed by atoms with E-state index >= 15 is 0 Å². The third-order valence-electron chi connectivity index (χ3n) is 5.98. The van der Waals surface area contributed by atoms with Crippen LogP contribution in [0.15, 0.2) is 42.5 Å². The minimum Gasteiger partial charge on any atom is -0.354 e. The van der Waals surface area contributed by atoms with E-state index < -0.39 is 28.5 Å². The van der Waals surface area contributed by atoms with Crippen LogP contribution in [0, 0.1) is 26.7 Å². The summed E-state index contributed by atoms with van der Waals surface area (Å²) in [6.07, 6.45) is 1.09. The highest BCUT2D eigenvalue weighted by atomic mass is 32.2. The average molecular weight is 488 g/mol. The minimum absolute atomic E-state index is 0.201. The van der Waals surface area contributed by atoms with Crippen LogP contribution in [0.25, 0.3) is 0 Å². The van der Waals surface area contributed by atoms with Gasteiger partial charge in [-0.15, -0.1) is 0 Å². The Morgan fingerprint density at radius 2 is 1.56 bits per heavy atom. The predicted molar refractivity (Wildman–Crippen MR) is 137 cm³/mol. The van der Waals surface area contributed by atoms with Crippen LogP contribution in [0.2, 0.25) is 0 Å². The topological polar surface area (TPSA) is 86.8 Å². The molecule has 0 aromatic heterocycles. The summed E-state index contributed by atoms with van der Waals surface area (Å²) in [4.78, 5) is 28.0. The Hall–Kier alpha value is -2.87. The van der Waals surface area contributed by atoms with Crippen LogP contribution in [0.1, 0.15) is 43.0 Å². The molecule has 2 aromatic rings. The number of carbonyl (C=O) groups is 2. The molecule has 0 aliphatic rings. The van der Waals surface area contributed by atoms with Crippen molar-refractivity contribution in [1.29, 1.82) is 0 Å². The van der Waals surface area contributed by atoms with Crippen LogP contribution in [0.3, 0.4) is 0 Å². The van der Waals surface area contributed by atoms with Crippen molar-refractivity contribution in [2.24, 2.45) is 5.92 Å². The molecule has 0 fully saturated rings. The van der Waals surface area contributed by atoms with E-state index in [9.17, 15) is 18.0 Å². The minimum atomic E-state index is -3.75. The van der Waals surface area contributed by atoms with Crippen molar-refractivity contribution in [3.05, 3.63) is 64.7 Å². The Kier molecular flexibility index (Phi) is 9.27. The van der Waals surface area contributed by atoms with Gasteiger partial charge in [0.25, 0.3) is 0 Å². The van der Waals surface area contributed by atoms with Crippen LogP contribution >= 0.6 is 0 Å². The molecule has 2 amide bonds. The van der Waals surface area contributed by atoms with Crippen LogP contribution in [0.4, 0.5) is 5.69 Å². The van der Waals surface area contributed by atoms with Gasteiger partial charge in [0.15, 0.2) is 0 Å². The van der Waals surface area contributed by atoms with Crippen LogP contribution in [0.5, 0.6) is 0 Å². The first kappa shape index (κ1) is 27.4. The number of anilines is 1. The van der Waals surface area contributed by atoms with Crippen molar-refractivity contribution in [2.45, 2.75) is 54.1 Å². The van der Waals surface area contributed by atoms with E-state index in [4.69, 9.17) is 0 Å². The molecule has 186 valence electrons. The first-order valence-electron chi connectivity index (χ1n) is 11.5. The smallest absolute Gasteiger partial charge is 0.244 e. The molecular formula is C26H37N3O4S. The molecule has 0 radical (unpaired) electrons. The number of sulfonamides is 1. The number of hydrogen-bond donors (Lipinski definition) is 1. The van der Waals surface area contributed by atoms with Gasteiger partial charge >= 0.3 is 0 Å². The van der Waals surface area contributed by atoms with Crippen LogP contribution in [-0.4, -0.2) is 50.5 Å². The van der Waals surface area contributed by atoms with E-state index in [1.165, 1.54) is 4.90 Å². The van der Waals surface area contributed by atoms with Crippen molar-refractivity contribution in [3.8, 4) is 0 Å². The third kappa shape index (κ3) is 7.06. The quantitative estimate of drug-likeness (QED) is 0.555. The maximum Gasteiger partial charge on any atom is 0.244 e. The zero-order valence-corrected chi connectivity index (χ0v) is 22.1. The molecule has 0 bridgehead atoms. The summed E-state index contributed by atoms with van der Waals surface area (Å²) in [5.41, 5.74) is 4.07. The number of nitrogens with zero attached hydrogens (tertiary/aromatic N) is 2. The Bertz CT molecular complexity index is 1130. The lowest BCUT2D eigenvalue weighted by atomic mass is 10.1. The summed E-state index contributed by atoms with van der Waals surface area (Å²) in [5.74, 6) is -0.447. The Balaban J connectivity index is 2.43. The fraction of sp³-hybridized carbons (Fsp3) is 0.462. The summed E-state index contributed by atoms with van der Waals surface area (Å²) in [6.45, 7) is 11.6. The van der Waals surface area contributed by atoms with Gasteiger partial charge in [-0.1, -0.05) is 50.2 Å². The highest BCUT2D eigenvalue weighted by Crippen LogP contribution is 2.25. The van der Waals surface area contributed by atoms with Crippen molar-refractivity contribution in [3.63, 3.8) is 0 Å². The Labute approximate surface area is 204 Å². The molecule has 0 spiro atoms. The number of hydrogen-bond acceptors (Lipinski definition) is 4. The van der Waals surface area contributed by atoms with Crippen molar-refractivity contribution in [2.75, 3.05) is 23.7 Å². The zero-order valence-electron chi connectivity index (χ0n) is 21.3. The van der Waals surface area contributed by atoms with Crippen LogP contribution in [-0.2, 0) is 26.2 Å². The lowest BCUT2D eigenvalue weighted by molar-refractivity contribution is -0.139. The second kappa shape index (κ2) is 11.5. The number of aryl methyl sites for hydroxylation is 2. The molecular weight excluding hydrogens is 450 g/mol. The number of rotatable bonds is 10. The van der Waals surface area contributed by atoms with E-state index in [1.807, 2.05) is 65.0 Å². The largest absolute Gasteiger partial charge is 0.354 e. The molecule has 0 aliphatic heterocycles. The molecule has 0 aliphatic carbocycles. The number of carbonyl (C=O) groups excluding carboxylic acids is 2. The van der Waals surface area contributed by atoms with Gasteiger partial charge in [0.1, 0.15) is 12.6 Å². The monoisotopic (exact) mass is 487 g/mol. The van der Waals surface area contributed by atoms with Gasteiger partial charge in [-0.25, -0.2) is 8.42 Å². The molecule has 0 heterocycles. The zero-order chi connectivity index (χ0) is 25.6. The first-order chi connectivity index (χ1) is 15.8. The summed E-state index contributed by atoms with van der Waals surface area (Å²) in [6, 6.07) is 12.2. The van der Waals surface area contributed by atoms with Gasteiger partial charge in [0, 0.05) is 13.1 Å². The summed E-state index contributed by atoms with van der Waals surface area (Å²) < 4.78 is 26.6. The molecule has 34 heavy (non-hydrogen) atoms. The molecule has 1 unspecified atom stereocenters. The Morgan fingerprint density at radius 1 is 0.941 bits per heavy atom. The molecule has 7 nitrogen and oxygen atoms in total. The second-order valence-corrected chi connectivity index (χ2v) is 11.2. The highest BCUT2D eigenvalue weighted by molar-refractivity contribution is 7.92. The molecule has 0 saturated heterocycles.